The van der Waals surface area contributed by atoms with Crippen LogP contribution in [0, 0.1) is 0 Å². The molecule has 0 fully saturated rings. The number of urea groups is 1. The van der Waals surface area contributed by atoms with Crippen LogP contribution in [0.4, 0.5) is 18.0 Å². The first kappa shape index (κ1) is 17.5. The maximum Gasteiger partial charge on any atom is 0.389 e. The summed E-state index contributed by atoms with van der Waals surface area (Å²) in [4.78, 5) is 21.6. The third-order valence-corrected chi connectivity index (χ3v) is 2.23. The van der Waals surface area contributed by atoms with Crippen LogP contribution in [0.3, 0.4) is 0 Å². The molecular formula is C10H17F3N2O4. The Morgan fingerprint density at radius 1 is 1.16 bits per heavy atom. The van der Waals surface area contributed by atoms with Crippen LogP contribution in [-0.4, -0.2) is 47.1 Å². The highest BCUT2D eigenvalue weighted by molar-refractivity contribution is 5.79. The number of halogens is 3. The number of carboxylic acid groups (broad SMARTS) is 1. The monoisotopic (exact) mass is 286 g/mol. The van der Waals surface area contributed by atoms with E-state index in [0.29, 0.717) is 0 Å². The number of nitrogens with one attached hydrogen (secondary N) is 2. The molecule has 0 aliphatic carbocycles. The molecule has 0 bridgehead atoms. The Hall–Kier alpha value is -1.51. The Balaban J connectivity index is 3.69. The van der Waals surface area contributed by atoms with Crippen molar-refractivity contribution in [2.24, 2.45) is 0 Å². The molecule has 19 heavy (non-hydrogen) atoms. The molecule has 2 amide bonds. The van der Waals surface area contributed by atoms with Gasteiger partial charge in [0.25, 0.3) is 0 Å². The molecule has 0 aromatic carbocycles. The number of rotatable bonds is 7. The van der Waals surface area contributed by atoms with Gasteiger partial charge in [-0.25, -0.2) is 9.59 Å². The first-order chi connectivity index (χ1) is 8.54. The number of carboxylic acids is 1. The van der Waals surface area contributed by atoms with Crippen molar-refractivity contribution in [2.75, 3.05) is 13.1 Å². The van der Waals surface area contributed by atoms with E-state index in [1.54, 1.807) is 0 Å². The van der Waals surface area contributed by atoms with Crippen LogP contribution in [0.15, 0.2) is 0 Å². The Morgan fingerprint density at radius 2 is 1.74 bits per heavy atom. The van der Waals surface area contributed by atoms with Gasteiger partial charge in [-0.15, -0.1) is 0 Å². The third kappa shape index (κ3) is 9.11. The van der Waals surface area contributed by atoms with E-state index >= 15 is 0 Å². The van der Waals surface area contributed by atoms with E-state index in [9.17, 15) is 27.9 Å². The normalized spacial score (nSPS) is 14.6. The Kier molecular flexibility index (Phi) is 6.60. The molecule has 0 aromatic rings. The van der Waals surface area contributed by atoms with Crippen molar-refractivity contribution < 1.29 is 33.0 Å². The minimum Gasteiger partial charge on any atom is -0.479 e. The van der Waals surface area contributed by atoms with Gasteiger partial charge in [-0.3, -0.25) is 0 Å². The second kappa shape index (κ2) is 7.17. The van der Waals surface area contributed by atoms with Crippen LogP contribution in [-0.2, 0) is 4.79 Å². The van der Waals surface area contributed by atoms with Crippen molar-refractivity contribution >= 4 is 12.0 Å². The summed E-state index contributed by atoms with van der Waals surface area (Å²) in [6, 6.07) is -0.742. The van der Waals surface area contributed by atoms with E-state index < -0.39 is 36.7 Å². The number of carbonyl (C=O) groups is 2. The largest absolute Gasteiger partial charge is 0.479 e. The molecule has 0 aliphatic heterocycles. The molecule has 0 aliphatic rings. The molecule has 0 rings (SSSR count). The van der Waals surface area contributed by atoms with Gasteiger partial charge < -0.3 is 20.8 Å². The fourth-order valence-electron chi connectivity index (χ4n) is 1.04. The van der Waals surface area contributed by atoms with Gasteiger partial charge in [0, 0.05) is 13.0 Å². The number of carbonyl (C=O) groups excluding carboxylic acids is 1. The first-order valence-electron chi connectivity index (χ1n) is 5.59. The van der Waals surface area contributed by atoms with Gasteiger partial charge in [-0.05, 0) is 19.8 Å². The zero-order valence-electron chi connectivity index (χ0n) is 10.4. The van der Waals surface area contributed by atoms with Crippen LogP contribution < -0.4 is 10.6 Å². The molecule has 9 heteroatoms. The molecule has 112 valence electrons. The summed E-state index contributed by atoms with van der Waals surface area (Å²) >= 11 is 0. The predicted molar refractivity (Wildman–Crippen MR) is 59.6 cm³/mol. The summed E-state index contributed by atoms with van der Waals surface area (Å²) in [5.74, 6) is -1.49. The minimum absolute atomic E-state index is 0.0388. The fraction of sp³-hybridized carbons (Fsp3) is 0.800. The highest BCUT2D eigenvalue weighted by atomic mass is 19.4. The van der Waals surface area contributed by atoms with Crippen LogP contribution in [0.1, 0.15) is 26.2 Å². The number of unbranched alkanes of at least 4 members (excludes halogenated alkanes) is 1. The van der Waals surface area contributed by atoms with Crippen LogP contribution in [0.25, 0.3) is 0 Å². The van der Waals surface area contributed by atoms with Crippen LogP contribution in [0.2, 0.25) is 0 Å². The maximum atomic E-state index is 11.8. The molecule has 1 unspecified atom stereocenters. The molecule has 0 heterocycles. The molecule has 0 spiro atoms. The molecule has 0 saturated heterocycles. The number of hydrogen-bond donors (Lipinski definition) is 4. The quantitative estimate of drug-likeness (QED) is 0.521. The second-order valence-electron chi connectivity index (χ2n) is 4.26. The number of amides is 2. The Morgan fingerprint density at radius 3 is 2.21 bits per heavy atom. The van der Waals surface area contributed by atoms with Crippen molar-refractivity contribution in [2.45, 2.75) is 38.0 Å². The van der Waals surface area contributed by atoms with Crippen molar-refractivity contribution in [1.82, 2.24) is 10.6 Å². The van der Waals surface area contributed by atoms with Gasteiger partial charge in [-0.2, -0.15) is 13.2 Å². The van der Waals surface area contributed by atoms with E-state index in [-0.39, 0.29) is 19.4 Å². The van der Waals surface area contributed by atoms with Gasteiger partial charge in [-0.1, -0.05) is 0 Å². The van der Waals surface area contributed by atoms with Gasteiger partial charge in [0.05, 0.1) is 6.54 Å². The lowest BCUT2D eigenvalue weighted by atomic mass is 10.1. The van der Waals surface area contributed by atoms with Gasteiger partial charge >= 0.3 is 18.2 Å². The molecular weight excluding hydrogens is 269 g/mol. The van der Waals surface area contributed by atoms with Crippen molar-refractivity contribution in [3.63, 3.8) is 0 Å². The van der Waals surface area contributed by atoms with Crippen molar-refractivity contribution in [3.8, 4) is 0 Å². The molecule has 1 atom stereocenters. The molecule has 0 radical (unpaired) electrons. The maximum absolute atomic E-state index is 11.8. The second-order valence-corrected chi connectivity index (χ2v) is 4.26. The molecule has 0 aromatic heterocycles. The Labute approximate surface area is 108 Å². The smallest absolute Gasteiger partial charge is 0.389 e. The zero-order chi connectivity index (χ0) is 15.1. The highest BCUT2D eigenvalue weighted by Gasteiger charge is 2.30. The van der Waals surface area contributed by atoms with Crippen molar-refractivity contribution in [3.05, 3.63) is 0 Å². The van der Waals surface area contributed by atoms with Gasteiger partial charge in [0.1, 0.15) is 0 Å². The lowest BCUT2D eigenvalue weighted by molar-refractivity contribution is -0.155. The van der Waals surface area contributed by atoms with E-state index in [1.165, 1.54) is 0 Å². The number of aliphatic carboxylic acids is 1. The average molecular weight is 286 g/mol. The third-order valence-electron chi connectivity index (χ3n) is 2.23. The van der Waals surface area contributed by atoms with E-state index in [2.05, 4.69) is 10.6 Å². The van der Waals surface area contributed by atoms with Crippen LogP contribution >= 0.6 is 0 Å². The Bertz CT molecular complexity index is 318. The fourth-order valence-corrected chi connectivity index (χ4v) is 1.04. The molecule has 6 nitrogen and oxygen atoms in total. The predicted octanol–water partition coefficient (Wildman–Crippen LogP) is 0.854. The van der Waals surface area contributed by atoms with Gasteiger partial charge in [0.15, 0.2) is 5.60 Å². The average Bonchev–Trinajstić information content (AvgIpc) is 2.24. The van der Waals surface area contributed by atoms with Gasteiger partial charge in [0.2, 0.25) is 0 Å². The summed E-state index contributed by atoms with van der Waals surface area (Å²) in [5.41, 5.74) is -2.09. The number of aliphatic hydroxyl groups is 1. The van der Waals surface area contributed by atoms with Crippen molar-refractivity contribution in [1.29, 1.82) is 0 Å². The zero-order valence-corrected chi connectivity index (χ0v) is 10.4. The summed E-state index contributed by atoms with van der Waals surface area (Å²) in [7, 11) is 0. The van der Waals surface area contributed by atoms with E-state index in [1.807, 2.05) is 0 Å². The SMILES string of the molecule is CC(O)(CNC(=O)NCCCCC(F)(F)F)C(=O)O. The summed E-state index contributed by atoms with van der Waals surface area (Å²) in [6.07, 6.45) is -5.06. The topological polar surface area (TPSA) is 98.7 Å². The summed E-state index contributed by atoms with van der Waals surface area (Å²) < 4.78 is 35.4. The number of hydrogen-bond acceptors (Lipinski definition) is 3. The molecule has 4 N–H and O–H groups in total. The standard InChI is InChI=1S/C10H17F3N2O4/c1-9(19,7(16)17)6-15-8(18)14-5-3-2-4-10(11,12)13/h19H,2-6H2,1H3,(H,16,17)(H2,14,15,18). The highest BCUT2D eigenvalue weighted by Crippen LogP contribution is 2.21. The van der Waals surface area contributed by atoms with E-state index in [4.69, 9.17) is 5.11 Å². The first-order valence-corrected chi connectivity index (χ1v) is 5.59. The minimum atomic E-state index is -4.21. The lowest BCUT2D eigenvalue weighted by Gasteiger charge is -2.18. The lowest BCUT2D eigenvalue weighted by Crippen LogP contribution is -2.49. The number of alkyl halides is 3. The van der Waals surface area contributed by atoms with E-state index in [0.717, 1.165) is 6.92 Å². The summed E-state index contributed by atoms with van der Waals surface area (Å²) in [5, 5.41) is 22.2. The van der Waals surface area contributed by atoms with Crippen LogP contribution in [0.5, 0.6) is 0 Å². The summed E-state index contributed by atoms with van der Waals surface area (Å²) in [6.45, 7) is 0.548. The molecule has 0 saturated carbocycles.